The topological polar surface area (TPSA) is 75.3 Å². The maximum Gasteiger partial charge on any atom is 0.220 e. The first-order valence-corrected chi connectivity index (χ1v) is 7.68. The Balaban J connectivity index is 2.45. The van der Waals surface area contributed by atoms with Crippen LogP contribution in [0.15, 0.2) is 0 Å². The van der Waals surface area contributed by atoms with Crippen LogP contribution in [0.1, 0.15) is 65.2 Å². The van der Waals surface area contributed by atoms with E-state index in [0.717, 1.165) is 12.8 Å². The van der Waals surface area contributed by atoms with Crippen LogP contribution >= 0.6 is 0 Å². The zero-order chi connectivity index (χ0) is 14.4. The molecule has 0 bridgehead atoms. The first-order valence-electron chi connectivity index (χ1n) is 7.68. The number of aliphatic hydroxyl groups is 1. The largest absolute Gasteiger partial charge is 0.388 e. The van der Waals surface area contributed by atoms with Crippen molar-refractivity contribution >= 4 is 5.91 Å². The molecule has 0 aromatic rings. The minimum absolute atomic E-state index is 0.00111. The van der Waals surface area contributed by atoms with Crippen LogP contribution in [-0.2, 0) is 4.79 Å². The fourth-order valence-electron chi connectivity index (χ4n) is 2.92. The van der Waals surface area contributed by atoms with Crippen molar-refractivity contribution in [1.29, 1.82) is 0 Å². The van der Waals surface area contributed by atoms with Crippen LogP contribution in [0.2, 0.25) is 0 Å². The van der Waals surface area contributed by atoms with Crippen molar-refractivity contribution in [2.75, 3.05) is 13.1 Å². The summed E-state index contributed by atoms with van der Waals surface area (Å²) in [5.41, 5.74) is 5.12. The van der Waals surface area contributed by atoms with Gasteiger partial charge in [-0.2, -0.15) is 0 Å². The fourth-order valence-corrected chi connectivity index (χ4v) is 2.92. The molecule has 1 fully saturated rings. The van der Waals surface area contributed by atoms with Gasteiger partial charge in [-0.15, -0.1) is 0 Å². The number of hydrogen-bond acceptors (Lipinski definition) is 3. The van der Waals surface area contributed by atoms with E-state index < -0.39 is 5.60 Å². The lowest BCUT2D eigenvalue weighted by Crippen LogP contribution is -2.44. The maximum absolute atomic E-state index is 12.1. The summed E-state index contributed by atoms with van der Waals surface area (Å²) in [5, 5.41) is 13.1. The average molecular weight is 270 g/mol. The van der Waals surface area contributed by atoms with Crippen molar-refractivity contribution in [3.8, 4) is 0 Å². The van der Waals surface area contributed by atoms with E-state index in [0.29, 0.717) is 32.4 Å². The number of carbonyl (C=O) groups excluding carboxylic acids is 1. The van der Waals surface area contributed by atoms with Gasteiger partial charge in [0.2, 0.25) is 5.91 Å². The summed E-state index contributed by atoms with van der Waals surface area (Å²) >= 11 is 0. The third-order valence-electron chi connectivity index (χ3n) is 4.81. The highest BCUT2D eigenvalue weighted by Crippen LogP contribution is 2.38. The number of rotatable bonds is 7. The zero-order valence-corrected chi connectivity index (χ0v) is 12.5. The van der Waals surface area contributed by atoms with E-state index in [4.69, 9.17) is 5.73 Å². The van der Waals surface area contributed by atoms with Gasteiger partial charge in [-0.25, -0.2) is 0 Å². The average Bonchev–Trinajstić information content (AvgIpc) is 2.46. The summed E-state index contributed by atoms with van der Waals surface area (Å²) in [5.74, 6) is 0.0349. The van der Waals surface area contributed by atoms with Gasteiger partial charge >= 0.3 is 0 Å². The van der Waals surface area contributed by atoms with E-state index in [2.05, 4.69) is 5.32 Å². The second-order valence-corrected chi connectivity index (χ2v) is 6.15. The van der Waals surface area contributed by atoms with Crippen molar-refractivity contribution in [2.45, 2.75) is 70.8 Å². The standard InChI is InChI=1S/C15H30N2O2/c1-3-15(19,4-2)12-17-13(18)10-14(11-16)8-6-5-7-9-14/h19H,3-12,16H2,1-2H3,(H,17,18). The monoisotopic (exact) mass is 270 g/mol. The summed E-state index contributed by atoms with van der Waals surface area (Å²) in [6.07, 6.45) is 7.56. The Bertz CT molecular complexity index is 282. The molecule has 0 unspecified atom stereocenters. The molecule has 1 aliphatic carbocycles. The van der Waals surface area contributed by atoms with Gasteiger partial charge in [0.25, 0.3) is 0 Å². The number of hydrogen-bond donors (Lipinski definition) is 3. The maximum atomic E-state index is 12.1. The Hall–Kier alpha value is -0.610. The second-order valence-electron chi connectivity index (χ2n) is 6.15. The smallest absolute Gasteiger partial charge is 0.220 e. The molecule has 1 rings (SSSR count). The van der Waals surface area contributed by atoms with Crippen molar-refractivity contribution in [1.82, 2.24) is 5.32 Å². The molecular weight excluding hydrogens is 240 g/mol. The quantitative estimate of drug-likeness (QED) is 0.662. The number of amides is 1. The highest BCUT2D eigenvalue weighted by Gasteiger charge is 2.33. The van der Waals surface area contributed by atoms with Crippen LogP contribution in [-0.4, -0.2) is 29.7 Å². The molecule has 0 aromatic carbocycles. The Kier molecular flexibility index (Phi) is 6.27. The second kappa shape index (κ2) is 7.25. The summed E-state index contributed by atoms with van der Waals surface area (Å²) in [7, 11) is 0. The molecule has 112 valence electrons. The molecule has 0 aromatic heterocycles. The first-order chi connectivity index (χ1) is 8.99. The summed E-state index contributed by atoms with van der Waals surface area (Å²) in [6, 6.07) is 0. The number of nitrogens with two attached hydrogens (primary N) is 1. The molecule has 4 nitrogen and oxygen atoms in total. The highest BCUT2D eigenvalue weighted by molar-refractivity contribution is 5.76. The lowest BCUT2D eigenvalue weighted by molar-refractivity contribution is -0.125. The van der Waals surface area contributed by atoms with Crippen molar-refractivity contribution in [2.24, 2.45) is 11.1 Å². The van der Waals surface area contributed by atoms with Crippen molar-refractivity contribution in [3.05, 3.63) is 0 Å². The number of nitrogens with one attached hydrogen (secondary N) is 1. The van der Waals surface area contributed by atoms with Gasteiger partial charge in [-0.1, -0.05) is 33.1 Å². The SMILES string of the molecule is CCC(O)(CC)CNC(=O)CC1(CN)CCCCC1. The minimum atomic E-state index is -0.766. The van der Waals surface area contributed by atoms with Gasteiger partial charge in [0.05, 0.1) is 5.60 Å². The predicted octanol–water partition coefficient (Wildman–Crippen LogP) is 1.95. The van der Waals surface area contributed by atoms with Crippen LogP contribution in [0, 0.1) is 5.41 Å². The molecular formula is C15H30N2O2. The van der Waals surface area contributed by atoms with Crippen LogP contribution in [0.4, 0.5) is 0 Å². The predicted molar refractivity (Wildman–Crippen MR) is 77.7 cm³/mol. The summed E-state index contributed by atoms with van der Waals surface area (Å²) in [6.45, 7) is 4.82. The van der Waals surface area contributed by atoms with Crippen molar-refractivity contribution < 1.29 is 9.90 Å². The van der Waals surface area contributed by atoms with Crippen LogP contribution < -0.4 is 11.1 Å². The normalized spacial score (nSPS) is 19.2. The summed E-state index contributed by atoms with van der Waals surface area (Å²) in [4.78, 5) is 12.1. The van der Waals surface area contributed by atoms with Crippen LogP contribution in [0.5, 0.6) is 0 Å². The zero-order valence-electron chi connectivity index (χ0n) is 12.5. The van der Waals surface area contributed by atoms with Crippen LogP contribution in [0.3, 0.4) is 0 Å². The molecule has 1 aliphatic rings. The summed E-state index contributed by atoms with van der Waals surface area (Å²) < 4.78 is 0. The van der Waals surface area contributed by atoms with Gasteiger partial charge in [-0.05, 0) is 37.6 Å². The van der Waals surface area contributed by atoms with Gasteiger partial charge < -0.3 is 16.2 Å². The van der Waals surface area contributed by atoms with E-state index in [9.17, 15) is 9.90 Å². The lowest BCUT2D eigenvalue weighted by Gasteiger charge is -2.36. The molecule has 1 amide bonds. The van der Waals surface area contributed by atoms with Gasteiger partial charge in [0, 0.05) is 13.0 Å². The van der Waals surface area contributed by atoms with E-state index in [1.807, 2.05) is 13.8 Å². The first kappa shape index (κ1) is 16.4. The molecule has 0 aliphatic heterocycles. The minimum Gasteiger partial charge on any atom is -0.388 e. The number of carbonyl (C=O) groups is 1. The van der Waals surface area contributed by atoms with Crippen molar-refractivity contribution in [3.63, 3.8) is 0 Å². The fraction of sp³-hybridized carbons (Fsp3) is 0.933. The molecule has 4 N–H and O–H groups in total. The van der Waals surface area contributed by atoms with E-state index in [1.54, 1.807) is 0 Å². The van der Waals surface area contributed by atoms with Gasteiger partial charge in [0.15, 0.2) is 0 Å². The third kappa shape index (κ3) is 4.77. The molecule has 0 atom stereocenters. The highest BCUT2D eigenvalue weighted by atomic mass is 16.3. The molecule has 19 heavy (non-hydrogen) atoms. The molecule has 0 radical (unpaired) electrons. The van der Waals surface area contributed by atoms with Gasteiger partial charge in [0.1, 0.15) is 0 Å². The molecule has 0 spiro atoms. The van der Waals surface area contributed by atoms with E-state index in [-0.39, 0.29) is 11.3 Å². The van der Waals surface area contributed by atoms with E-state index in [1.165, 1.54) is 19.3 Å². The third-order valence-corrected chi connectivity index (χ3v) is 4.81. The van der Waals surface area contributed by atoms with E-state index >= 15 is 0 Å². The van der Waals surface area contributed by atoms with Gasteiger partial charge in [-0.3, -0.25) is 4.79 Å². The Labute approximate surface area is 117 Å². The molecule has 4 heteroatoms. The molecule has 0 saturated heterocycles. The molecule has 1 saturated carbocycles. The Morgan fingerprint density at radius 1 is 1.26 bits per heavy atom. The molecule has 0 heterocycles. The van der Waals surface area contributed by atoms with Crippen LogP contribution in [0.25, 0.3) is 0 Å². The Morgan fingerprint density at radius 2 is 1.84 bits per heavy atom. The lowest BCUT2D eigenvalue weighted by atomic mass is 9.71. The Morgan fingerprint density at radius 3 is 2.32 bits per heavy atom.